The second kappa shape index (κ2) is 6.46. The van der Waals surface area contributed by atoms with Gasteiger partial charge in [-0.2, -0.15) is 5.10 Å². The number of halogens is 1. The van der Waals surface area contributed by atoms with Crippen LogP contribution in [0.25, 0.3) is 16.9 Å². The molecule has 5 heteroatoms. The van der Waals surface area contributed by atoms with Crippen molar-refractivity contribution in [2.45, 2.75) is 6.04 Å². The number of fused-ring (bicyclic) bond motifs is 1. The molecule has 0 saturated heterocycles. The first-order chi connectivity index (χ1) is 13.7. The number of amides is 1. The van der Waals surface area contributed by atoms with Crippen LogP contribution in [0.15, 0.2) is 84.9 Å². The lowest BCUT2D eigenvalue weighted by Crippen LogP contribution is -2.22. The van der Waals surface area contributed by atoms with E-state index in [1.54, 1.807) is 16.8 Å². The molecule has 1 aromatic heterocycles. The second-order valence-corrected chi connectivity index (χ2v) is 6.68. The largest absolute Gasteiger partial charge is 0.340 e. The summed E-state index contributed by atoms with van der Waals surface area (Å²) in [7, 11) is 0. The Balaban J connectivity index is 1.76. The van der Waals surface area contributed by atoms with Gasteiger partial charge in [0, 0.05) is 11.1 Å². The fraction of sp³-hybridized carbons (Fsp3) is 0.0435. The molecule has 0 fully saturated rings. The van der Waals surface area contributed by atoms with E-state index < -0.39 is 0 Å². The van der Waals surface area contributed by atoms with Crippen LogP contribution < -0.4 is 5.32 Å². The van der Waals surface area contributed by atoms with E-state index in [-0.39, 0.29) is 17.8 Å². The number of carbonyl (C=O) groups excluding carboxylic acids is 1. The smallest absolute Gasteiger partial charge is 0.271 e. The predicted molar refractivity (Wildman–Crippen MR) is 105 cm³/mol. The minimum absolute atomic E-state index is 0.192. The van der Waals surface area contributed by atoms with Crippen molar-refractivity contribution >= 4 is 5.91 Å². The van der Waals surface area contributed by atoms with Crippen LogP contribution in [-0.2, 0) is 0 Å². The monoisotopic (exact) mass is 369 g/mol. The number of hydrogen-bond donors (Lipinski definition) is 1. The molecule has 1 amide bonds. The van der Waals surface area contributed by atoms with E-state index in [2.05, 4.69) is 5.32 Å². The van der Waals surface area contributed by atoms with Crippen molar-refractivity contribution in [3.63, 3.8) is 0 Å². The van der Waals surface area contributed by atoms with Crippen molar-refractivity contribution in [2.24, 2.45) is 0 Å². The van der Waals surface area contributed by atoms with Gasteiger partial charge < -0.3 is 5.32 Å². The number of aromatic nitrogens is 2. The van der Waals surface area contributed by atoms with Crippen molar-refractivity contribution < 1.29 is 9.18 Å². The van der Waals surface area contributed by atoms with Gasteiger partial charge in [-0.25, -0.2) is 9.07 Å². The molecular formula is C23H16FN3O. The van der Waals surface area contributed by atoms with Crippen molar-refractivity contribution in [3.05, 3.63) is 108 Å². The number of rotatable bonds is 3. The lowest BCUT2D eigenvalue weighted by atomic mass is 9.97. The summed E-state index contributed by atoms with van der Waals surface area (Å²) in [6.07, 6.45) is 0. The SMILES string of the molecule is O=C1NC(c2ccc(F)cc2)c2c(-c3ccccc3)nn(-c3ccccc3)c21. The third kappa shape index (κ3) is 2.60. The molecule has 0 aliphatic carbocycles. The summed E-state index contributed by atoms with van der Waals surface area (Å²) < 4.78 is 15.1. The normalized spacial score (nSPS) is 15.3. The van der Waals surface area contributed by atoms with Crippen LogP contribution in [0.3, 0.4) is 0 Å². The molecule has 1 atom stereocenters. The van der Waals surface area contributed by atoms with E-state index in [0.29, 0.717) is 5.69 Å². The lowest BCUT2D eigenvalue weighted by Gasteiger charge is -2.13. The zero-order valence-corrected chi connectivity index (χ0v) is 14.8. The molecule has 0 radical (unpaired) electrons. The standard InChI is InChI=1S/C23H16FN3O/c24-17-13-11-16(12-14-17)20-19-21(15-7-3-1-4-8-15)26-27(22(19)23(28)25-20)18-9-5-2-6-10-18/h1-14,20H,(H,25,28). The quantitative estimate of drug-likeness (QED) is 0.577. The van der Waals surface area contributed by atoms with Gasteiger partial charge in [-0.05, 0) is 29.8 Å². The Bertz CT molecular complexity index is 1150. The van der Waals surface area contributed by atoms with E-state index in [4.69, 9.17) is 5.10 Å². The molecule has 4 nitrogen and oxygen atoms in total. The first kappa shape index (κ1) is 16.4. The number of carbonyl (C=O) groups is 1. The highest BCUT2D eigenvalue weighted by Gasteiger charge is 2.38. The average molecular weight is 369 g/mol. The molecular weight excluding hydrogens is 353 g/mol. The Labute approximate surface area is 161 Å². The maximum Gasteiger partial charge on any atom is 0.271 e. The highest BCUT2D eigenvalue weighted by atomic mass is 19.1. The van der Waals surface area contributed by atoms with Gasteiger partial charge in [-0.3, -0.25) is 4.79 Å². The summed E-state index contributed by atoms with van der Waals surface area (Å²) in [5, 5.41) is 7.83. The fourth-order valence-electron chi connectivity index (χ4n) is 3.66. The third-order valence-corrected chi connectivity index (χ3v) is 4.95. The number of benzene rings is 3. The van der Waals surface area contributed by atoms with Gasteiger partial charge in [0.2, 0.25) is 0 Å². The molecule has 1 aliphatic heterocycles. The Morgan fingerprint density at radius 2 is 1.50 bits per heavy atom. The average Bonchev–Trinajstić information content (AvgIpc) is 3.29. The van der Waals surface area contributed by atoms with Crippen LogP contribution in [-0.4, -0.2) is 15.7 Å². The van der Waals surface area contributed by atoms with E-state index in [9.17, 15) is 9.18 Å². The third-order valence-electron chi connectivity index (χ3n) is 4.95. The molecule has 28 heavy (non-hydrogen) atoms. The topological polar surface area (TPSA) is 46.9 Å². The number of nitrogens with zero attached hydrogens (tertiary/aromatic N) is 2. The molecule has 1 N–H and O–H groups in total. The van der Waals surface area contributed by atoms with Crippen LogP contribution >= 0.6 is 0 Å². The summed E-state index contributed by atoms with van der Waals surface area (Å²) in [6.45, 7) is 0. The molecule has 4 aromatic rings. The van der Waals surface area contributed by atoms with Gasteiger partial charge in [0.05, 0.1) is 17.4 Å². The van der Waals surface area contributed by atoms with Gasteiger partial charge in [-0.15, -0.1) is 0 Å². The number of hydrogen-bond acceptors (Lipinski definition) is 2. The molecule has 0 bridgehead atoms. The zero-order chi connectivity index (χ0) is 19.1. The molecule has 1 aliphatic rings. The molecule has 3 aromatic carbocycles. The molecule has 136 valence electrons. The highest BCUT2D eigenvalue weighted by Crippen LogP contribution is 2.39. The lowest BCUT2D eigenvalue weighted by molar-refractivity contribution is 0.0953. The predicted octanol–water partition coefficient (Wildman–Crippen LogP) is 4.51. The van der Waals surface area contributed by atoms with E-state index in [1.807, 2.05) is 60.7 Å². The van der Waals surface area contributed by atoms with Crippen molar-refractivity contribution in [3.8, 4) is 16.9 Å². The van der Waals surface area contributed by atoms with Gasteiger partial charge in [-0.1, -0.05) is 60.7 Å². The van der Waals surface area contributed by atoms with Gasteiger partial charge >= 0.3 is 0 Å². The molecule has 0 saturated carbocycles. The van der Waals surface area contributed by atoms with E-state index in [0.717, 1.165) is 28.1 Å². The Morgan fingerprint density at radius 3 is 2.18 bits per heavy atom. The Kier molecular flexibility index (Phi) is 3.79. The van der Waals surface area contributed by atoms with Crippen LogP contribution in [0, 0.1) is 5.82 Å². The minimum atomic E-state index is -0.379. The van der Waals surface area contributed by atoms with Crippen LogP contribution in [0.2, 0.25) is 0 Å². The summed E-state index contributed by atoms with van der Waals surface area (Å²) in [6, 6.07) is 25.2. The van der Waals surface area contributed by atoms with Crippen LogP contribution in [0.1, 0.15) is 27.7 Å². The summed E-state index contributed by atoms with van der Waals surface area (Å²) in [4.78, 5) is 12.9. The number of para-hydroxylation sites is 1. The van der Waals surface area contributed by atoms with Gasteiger partial charge in [0.1, 0.15) is 11.5 Å². The Hall–Kier alpha value is -3.73. The molecule has 5 rings (SSSR count). The fourth-order valence-corrected chi connectivity index (χ4v) is 3.66. The van der Waals surface area contributed by atoms with Crippen LogP contribution in [0.4, 0.5) is 4.39 Å². The first-order valence-electron chi connectivity index (χ1n) is 9.02. The van der Waals surface area contributed by atoms with E-state index in [1.165, 1.54) is 12.1 Å². The summed E-state index contributed by atoms with van der Waals surface area (Å²) >= 11 is 0. The van der Waals surface area contributed by atoms with Gasteiger partial charge in [0.15, 0.2) is 0 Å². The molecule has 0 spiro atoms. The maximum atomic E-state index is 13.4. The minimum Gasteiger partial charge on any atom is -0.340 e. The van der Waals surface area contributed by atoms with Crippen LogP contribution in [0.5, 0.6) is 0 Å². The second-order valence-electron chi connectivity index (χ2n) is 6.68. The van der Waals surface area contributed by atoms with Crippen molar-refractivity contribution in [1.29, 1.82) is 0 Å². The maximum absolute atomic E-state index is 13.4. The Morgan fingerprint density at radius 1 is 0.857 bits per heavy atom. The molecule has 2 heterocycles. The van der Waals surface area contributed by atoms with Gasteiger partial charge in [0.25, 0.3) is 5.91 Å². The highest BCUT2D eigenvalue weighted by molar-refractivity contribution is 6.01. The van der Waals surface area contributed by atoms with Crippen molar-refractivity contribution in [1.82, 2.24) is 15.1 Å². The van der Waals surface area contributed by atoms with Crippen molar-refractivity contribution in [2.75, 3.05) is 0 Å². The van der Waals surface area contributed by atoms with E-state index >= 15 is 0 Å². The number of nitrogens with one attached hydrogen (secondary N) is 1. The summed E-state index contributed by atoms with van der Waals surface area (Å²) in [5.74, 6) is -0.501. The molecule has 1 unspecified atom stereocenters. The summed E-state index contributed by atoms with van der Waals surface area (Å²) in [5.41, 5.74) is 4.63. The zero-order valence-electron chi connectivity index (χ0n) is 14.8. The first-order valence-corrected chi connectivity index (χ1v) is 9.02.